The number of aryl methyl sites for hydroxylation is 1. The molecule has 0 spiro atoms. The Morgan fingerprint density at radius 2 is 1.84 bits per heavy atom. The third-order valence-corrected chi connectivity index (χ3v) is 4.30. The van der Waals surface area contributed by atoms with Crippen LogP contribution in [0.25, 0.3) is 0 Å². The van der Waals surface area contributed by atoms with Crippen molar-refractivity contribution in [3.8, 4) is 0 Å². The van der Waals surface area contributed by atoms with E-state index in [2.05, 4.69) is 50.4 Å². The zero-order chi connectivity index (χ0) is 13.3. The first kappa shape index (κ1) is 14.9. The van der Waals surface area contributed by atoms with Gasteiger partial charge < -0.3 is 10.2 Å². The Morgan fingerprint density at radius 3 is 2.63 bits per heavy atom. The zero-order valence-corrected chi connectivity index (χ0v) is 13.3. The molecular weight excluding hydrogens is 300 g/mol. The quantitative estimate of drug-likeness (QED) is 0.609. The van der Waals surface area contributed by atoms with Gasteiger partial charge in [-0.3, -0.25) is 0 Å². The number of halogens is 1. The number of hydrogen-bond donors (Lipinski definition) is 1. The summed E-state index contributed by atoms with van der Waals surface area (Å²) in [5.74, 6) is 0. The number of unbranched alkanes of at least 4 members (excludes halogenated alkanes) is 3. The van der Waals surface area contributed by atoms with Crippen molar-refractivity contribution in [2.24, 2.45) is 0 Å². The highest BCUT2D eigenvalue weighted by atomic mass is 79.9. The van der Waals surface area contributed by atoms with Crippen LogP contribution >= 0.6 is 15.9 Å². The molecule has 0 amide bonds. The topological polar surface area (TPSA) is 15.3 Å². The lowest BCUT2D eigenvalue weighted by atomic mass is 10.1. The minimum atomic E-state index is 1.11. The number of anilines is 1. The number of alkyl halides is 1. The van der Waals surface area contributed by atoms with Gasteiger partial charge in [-0.1, -0.05) is 40.9 Å². The van der Waals surface area contributed by atoms with Crippen LogP contribution in [0.5, 0.6) is 0 Å². The van der Waals surface area contributed by atoms with Crippen molar-refractivity contribution in [3.05, 3.63) is 29.8 Å². The van der Waals surface area contributed by atoms with Gasteiger partial charge in [-0.05, 0) is 37.0 Å². The van der Waals surface area contributed by atoms with Gasteiger partial charge in [-0.25, -0.2) is 0 Å². The molecule has 1 saturated heterocycles. The predicted octanol–water partition coefficient (Wildman–Crippen LogP) is 3.59. The summed E-state index contributed by atoms with van der Waals surface area (Å²) in [4.78, 5) is 2.49. The Balaban J connectivity index is 1.81. The lowest BCUT2D eigenvalue weighted by Crippen LogP contribution is -2.43. The van der Waals surface area contributed by atoms with Crippen LogP contribution in [0.15, 0.2) is 24.3 Å². The van der Waals surface area contributed by atoms with Crippen molar-refractivity contribution in [1.82, 2.24) is 5.32 Å². The number of hydrogen-bond acceptors (Lipinski definition) is 2. The molecule has 19 heavy (non-hydrogen) atoms. The fourth-order valence-corrected chi connectivity index (χ4v) is 3.01. The molecule has 1 heterocycles. The van der Waals surface area contributed by atoms with Crippen LogP contribution < -0.4 is 10.2 Å². The summed E-state index contributed by atoms with van der Waals surface area (Å²) in [7, 11) is 0. The summed E-state index contributed by atoms with van der Waals surface area (Å²) in [6.45, 7) is 4.48. The minimum absolute atomic E-state index is 1.11. The minimum Gasteiger partial charge on any atom is -0.369 e. The van der Waals surface area contributed by atoms with E-state index in [1.54, 1.807) is 0 Å². The molecule has 1 aliphatic heterocycles. The number of benzene rings is 1. The number of piperazine rings is 1. The molecular formula is C16H25BrN2. The summed E-state index contributed by atoms with van der Waals surface area (Å²) < 4.78 is 0. The van der Waals surface area contributed by atoms with E-state index < -0.39 is 0 Å². The molecule has 1 N–H and O–H groups in total. The van der Waals surface area contributed by atoms with E-state index in [4.69, 9.17) is 0 Å². The second-order valence-electron chi connectivity index (χ2n) is 5.26. The largest absolute Gasteiger partial charge is 0.369 e. The maximum atomic E-state index is 3.49. The summed E-state index contributed by atoms with van der Waals surface area (Å²) in [5, 5.41) is 4.55. The van der Waals surface area contributed by atoms with Crippen LogP contribution in [0.4, 0.5) is 5.69 Å². The van der Waals surface area contributed by atoms with Gasteiger partial charge in [0.05, 0.1) is 0 Å². The standard InChI is InChI=1S/C16H25BrN2/c17-9-4-2-1-3-6-15-7-5-8-16(14-15)19-12-10-18-11-13-19/h5,7-8,14,18H,1-4,6,9-13H2. The van der Waals surface area contributed by atoms with E-state index in [0.29, 0.717) is 0 Å². The molecule has 2 rings (SSSR count). The highest BCUT2D eigenvalue weighted by molar-refractivity contribution is 9.09. The third kappa shape index (κ3) is 5.15. The third-order valence-electron chi connectivity index (χ3n) is 3.74. The number of nitrogens with one attached hydrogen (secondary N) is 1. The smallest absolute Gasteiger partial charge is 0.0369 e. The van der Waals surface area contributed by atoms with Gasteiger partial charge in [0.2, 0.25) is 0 Å². The summed E-state index contributed by atoms with van der Waals surface area (Å²) in [6, 6.07) is 9.12. The Hall–Kier alpha value is -0.540. The molecule has 3 heteroatoms. The highest BCUT2D eigenvalue weighted by Crippen LogP contribution is 2.18. The van der Waals surface area contributed by atoms with Crippen LogP contribution in [-0.2, 0) is 6.42 Å². The predicted molar refractivity (Wildman–Crippen MR) is 87.5 cm³/mol. The fraction of sp³-hybridized carbons (Fsp3) is 0.625. The van der Waals surface area contributed by atoms with Crippen LogP contribution in [0.3, 0.4) is 0 Å². The summed E-state index contributed by atoms with van der Waals surface area (Å²) >= 11 is 3.49. The SMILES string of the molecule is BrCCCCCCc1cccc(N2CCNCC2)c1. The molecule has 0 aromatic heterocycles. The van der Waals surface area contributed by atoms with Gasteiger partial charge in [0.1, 0.15) is 0 Å². The summed E-state index contributed by atoms with van der Waals surface area (Å²) in [5.41, 5.74) is 2.90. The van der Waals surface area contributed by atoms with Crippen molar-refractivity contribution in [3.63, 3.8) is 0 Å². The fourth-order valence-electron chi connectivity index (χ4n) is 2.61. The normalized spacial score (nSPS) is 15.7. The molecule has 0 radical (unpaired) electrons. The highest BCUT2D eigenvalue weighted by Gasteiger charge is 2.10. The van der Waals surface area contributed by atoms with Gasteiger partial charge in [0.15, 0.2) is 0 Å². The van der Waals surface area contributed by atoms with Crippen LogP contribution in [0, 0.1) is 0 Å². The number of nitrogens with zero attached hydrogens (tertiary/aromatic N) is 1. The first-order chi connectivity index (χ1) is 9.40. The van der Waals surface area contributed by atoms with Crippen molar-refractivity contribution in [1.29, 1.82) is 0 Å². The lowest BCUT2D eigenvalue weighted by Gasteiger charge is -2.29. The van der Waals surface area contributed by atoms with Crippen molar-refractivity contribution >= 4 is 21.6 Å². The molecule has 1 aromatic rings. The molecule has 0 atom stereocenters. The van der Waals surface area contributed by atoms with Crippen LogP contribution in [-0.4, -0.2) is 31.5 Å². The first-order valence-electron chi connectivity index (χ1n) is 7.51. The maximum absolute atomic E-state index is 3.49. The summed E-state index contributed by atoms with van der Waals surface area (Å²) in [6.07, 6.45) is 6.55. The average molecular weight is 325 g/mol. The van der Waals surface area contributed by atoms with Gasteiger partial charge in [-0.15, -0.1) is 0 Å². The van der Waals surface area contributed by atoms with E-state index >= 15 is 0 Å². The zero-order valence-electron chi connectivity index (χ0n) is 11.7. The monoisotopic (exact) mass is 324 g/mol. The Morgan fingerprint density at radius 1 is 1.05 bits per heavy atom. The lowest BCUT2D eigenvalue weighted by molar-refractivity contribution is 0.589. The first-order valence-corrected chi connectivity index (χ1v) is 8.63. The Kier molecular flexibility index (Phi) is 6.72. The van der Waals surface area contributed by atoms with Crippen molar-refractivity contribution < 1.29 is 0 Å². The molecule has 0 unspecified atom stereocenters. The van der Waals surface area contributed by atoms with E-state index in [-0.39, 0.29) is 0 Å². The van der Waals surface area contributed by atoms with Gasteiger partial charge >= 0.3 is 0 Å². The second-order valence-corrected chi connectivity index (χ2v) is 6.05. The molecule has 106 valence electrons. The molecule has 2 nitrogen and oxygen atoms in total. The van der Waals surface area contributed by atoms with Crippen LogP contribution in [0.2, 0.25) is 0 Å². The molecule has 1 aromatic carbocycles. The molecule has 1 aliphatic rings. The second kappa shape index (κ2) is 8.60. The Labute approximate surface area is 125 Å². The van der Waals surface area contributed by atoms with E-state index in [9.17, 15) is 0 Å². The Bertz CT molecular complexity index is 362. The van der Waals surface area contributed by atoms with Crippen molar-refractivity contribution in [2.75, 3.05) is 36.4 Å². The molecule has 0 bridgehead atoms. The average Bonchev–Trinajstić information content (AvgIpc) is 2.48. The number of rotatable bonds is 7. The van der Waals surface area contributed by atoms with E-state index in [1.165, 1.54) is 43.4 Å². The molecule has 0 aliphatic carbocycles. The molecule has 0 saturated carbocycles. The maximum Gasteiger partial charge on any atom is 0.0369 e. The van der Waals surface area contributed by atoms with E-state index in [0.717, 1.165) is 31.5 Å². The van der Waals surface area contributed by atoms with Gasteiger partial charge in [0.25, 0.3) is 0 Å². The van der Waals surface area contributed by atoms with Gasteiger partial charge in [0, 0.05) is 37.2 Å². The van der Waals surface area contributed by atoms with Crippen LogP contribution in [0.1, 0.15) is 31.2 Å². The molecule has 1 fully saturated rings. The van der Waals surface area contributed by atoms with Crippen molar-refractivity contribution in [2.45, 2.75) is 32.1 Å². The van der Waals surface area contributed by atoms with E-state index in [1.807, 2.05) is 0 Å². The van der Waals surface area contributed by atoms with Gasteiger partial charge in [-0.2, -0.15) is 0 Å².